The van der Waals surface area contributed by atoms with Gasteiger partial charge in [-0.05, 0) is 78.3 Å². The fourth-order valence-electron chi connectivity index (χ4n) is 3.73. The molecule has 0 radical (unpaired) electrons. The van der Waals surface area contributed by atoms with Gasteiger partial charge < -0.3 is 14.8 Å². The predicted octanol–water partition coefficient (Wildman–Crippen LogP) is 4.76. The summed E-state index contributed by atoms with van der Waals surface area (Å²) in [6.45, 7) is 10.3. The van der Waals surface area contributed by atoms with Gasteiger partial charge in [-0.2, -0.15) is 0 Å². The number of hydrogen-bond donors (Lipinski definition) is 1. The Labute approximate surface area is 151 Å². The summed E-state index contributed by atoms with van der Waals surface area (Å²) in [6, 6.07) is 11.2. The van der Waals surface area contributed by atoms with Crippen molar-refractivity contribution in [1.29, 1.82) is 0 Å². The third-order valence-corrected chi connectivity index (χ3v) is 5.03. The van der Waals surface area contributed by atoms with Gasteiger partial charge in [0.25, 0.3) is 0 Å². The second-order valence-electron chi connectivity index (χ2n) is 7.04. The van der Waals surface area contributed by atoms with Crippen LogP contribution in [0.5, 0.6) is 11.5 Å². The summed E-state index contributed by atoms with van der Waals surface area (Å²) in [5.41, 5.74) is 6.62. The SMILES string of the molecule is CCOc1ccc2c(c1)CCNC2c1cc(C(C)C)c(OC)cc1C. The quantitative estimate of drug-likeness (QED) is 0.852. The summed E-state index contributed by atoms with van der Waals surface area (Å²) in [7, 11) is 1.75. The van der Waals surface area contributed by atoms with Crippen molar-refractivity contribution in [2.75, 3.05) is 20.3 Å². The summed E-state index contributed by atoms with van der Waals surface area (Å²) in [5.74, 6) is 2.38. The van der Waals surface area contributed by atoms with Crippen molar-refractivity contribution in [3.63, 3.8) is 0 Å². The molecule has 1 aliphatic rings. The Bertz CT molecular complexity index is 752. The molecule has 0 saturated heterocycles. The van der Waals surface area contributed by atoms with Crippen molar-refractivity contribution in [1.82, 2.24) is 5.32 Å². The average Bonchev–Trinajstić information content (AvgIpc) is 2.61. The lowest BCUT2D eigenvalue weighted by Crippen LogP contribution is -2.31. The molecular weight excluding hydrogens is 310 g/mol. The summed E-state index contributed by atoms with van der Waals surface area (Å²) in [4.78, 5) is 0. The lowest BCUT2D eigenvalue weighted by Gasteiger charge is -2.30. The van der Waals surface area contributed by atoms with E-state index in [0.717, 1.165) is 24.5 Å². The van der Waals surface area contributed by atoms with Crippen molar-refractivity contribution in [3.8, 4) is 11.5 Å². The second kappa shape index (κ2) is 7.49. The maximum absolute atomic E-state index is 5.68. The van der Waals surface area contributed by atoms with E-state index in [2.05, 4.69) is 56.4 Å². The summed E-state index contributed by atoms with van der Waals surface area (Å²) in [6.07, 6.45) is 1.04. The Morgan fingerprint density at radius 3 is 2.64 bits per heavy atom. The van der Waals surface area contributed by atoms with E-state index < -0.39 is 0 Å². The number of methoxy groups -OCH3 is 1. The minimum absolute atomic E-state index is 0.225. The largest absolute Gasteiger partial charge is 0.496 e. The fourth-order valence-corrected chi connectivity index (χ4v) is 3.73. The highest BCUT2D eigenvalue weighted by atomic mass is 16.5. The van der Waals surface area contributed by atoms with E-state index in [9.17, 15) is 0 Å². The first-order chi connectivity index (χ1) is 12.0. The molecule has 1 aliphatic heterocycles. The van der Waals surface area contributed by atoms with Gasteiger partial charge in [0.2, 0.25) is 0 Å². The molecule has 3 heteroatoms. The summed E-state index contributed by atoms with van der Waals surface area (Å²) in [5, 5.41) is 3.71. The topological polar surface area (TPSA) is 30.5 Å². The number of nitrogens with one attached hydrogen (secondary N) is 1. The molecule has 3 rings (SSSR count). The molecule has 1 heterocycles. The Balaban J connectivity index is 2.05. The zero-order valence-electron chi connectivity index (χ0n) is 16.0. The molecule has 134 valence electrons. The average molecular weight is 339 g/mol. The fraction of sp³-hybridized carbons (Fsp3) is 0.455. The van der Waals surface area contributed by atoms with Crippen molar-refractivity contribution >= 4 is 0 Å². The molecule has 0 aliphatic carbocycles. The Hall–Kier alpha value is -2.00. The molecule has 0 aromatic heterocycles. The van der Waals surface area contributed by atoms with Crippen LogP contribution in [0.1, 0.15) is 60.5 Å². The van der Waals surface area contributed by atoms with Gasteiger partial charge >= 0.3 is 0 Å². The molecule has 1 unspecified atom stereocenters. The molecule has 1 N–H and O–H groups in total. The highest BCUT2D eigenvalue weighted by molar-refractivity contribution is 5.50. The third kappa shape index (κ3) is 3.52. The predicted molar refractivity (Wildman–Crippen MR) is 103 cm³/mol. The monoisotopic (exact) mass is 339 g/mol. The van der Waals surface area contributed by atoms with Crippen LogP contribution in [0.25, 0.3) is 0 Å². The lowest BCUT2D eigenvalue weighted by atomic mass is 9.85. The number of rotatable bonds is 5. The van der Waals surface area contributed by atoms with Crippen LogP contribution in [0.3, 0.4) is 0 Å². The van der Waals surface area contributed by atoms with E-state index in [1.54, 1.807) is 7.11 Å². The van der Waals surface area contributed by atoms with Gasteiger partial charge in [-0.15, -0.1) is 0 Å². The first-order valence-electron chi connectivity index (χ1n) is 9.22. The zero-order valence-corrected chi connectivity index (χ0v) is 16.0. The van der Waals surface area contributed by atoms with Crippen LogP contribution in [0.2, 0.25) is 0 Å². The first-order valence-corrected chi connectivity index (χ1v) is 9.22. The number of aryl methyl sites for hydroxylation is 1. The highest BCUT2D eigenvalue weighted by Crippen LogP contribution is 2.37. The van der Waals surface area contributed by atoms with Gasteiger partial charge in [0, 0.05) is 6.54 Å². The molecule has 25 heavy (non-hydrogen) atoms. The van der Waals surface area contributed by atoms with Gasteiger partial charge in [0.1, 0.15) is 11.5 Å². The van der Waals surface area contributed by atoms with Gasteiger partial charge in [-0.25, -0.2) is 0 Å². The van der Waals surface area contributed by atoms with Crippen molar-refractivity contribution in [3.05, 3.63) is 58.1 Å². The number of hydrogen-bond acceptors (Lipinski definition) is 3. The molecule has 2 aromatic rings. The lowest BCUT2D eigenvalue weighted by molar-refractivity contribution is 0.339. The van der Waals surface area contributed by atoms with Crippen LogP contribution in [-0.4, -0.2) is 20.3 Å². The Morgan fingerprint density at radius 2 is 1.96 bits per heavy atom. The molecular formula is C22H29NO2. The Morgan fingerprint density at radius 1 is 1.16 bits per heavy atom. The smallest absolute Gasteiger partial charge is 0.122 e. The van der Waals surface area contributed by atoms with Crippen LogP contribution >= 0.6 is 0 Å². The third-order valence-electron chi connectivity index (χ3n) is 5.03. The molecule has 1 atom stereocenters. The van der Waals surface area contributed by atoms with E-state index in [-0.39, 0.29) is 6.04 Å². The van der Waals surface area contributed by atoms with Crippen molar-refractivity contribution in [2.24, 2.45) is 0 Å². The molecule has 0 amide bonds. The standard InChI is InChI=1S/C22H29NO2/c1-6-25-17-7-8-18-16(12-17)9-10-23-22(18)20-13-19(14(2)3)21(24-5)11-15(20)4/h7-8,11-14,22-23H,6,9-10H2,1-5H3. The molecule has 0 fully saturated rings. The van der Waals surface area contributed by atoms with Crippen molar-refractivity contribution in [2.45, 2.75) is 46.1 Å². The maximum Gasteiger partial charge on any atom is 0.122 e. The zero-order chi connectivity index (χ0) is 18.0. The molecule has 0 spiro atoms. The maximum atomic E-state index is 5.68. The van der Waals surface area contributed by atoms with Gasteiger partial charge in [-0.3, -0.25) is 0 Å². The first kappa shape index (κ1) is 17.8. The van der Waals surface area contributed by atoms with Crippen LogP contribution in [-0.2, 0) is 6.42 Å². The second-order valence-corrected chi connectivity index (χ2v) is 7.04. The molecule has 2 aromatic carbocycles. The van der Waals surface area contributed by atoms with Crippen LogP contribution in [0.15, 0.2) is 30.3 Å². The van der Waals surface area contributed by atoms with Crippen LogP contribution < -0.4 is 14.8 Å². The molecule has 0 saturated carbocycles. The van der Waals surface area contributed by atoms with Crippen molar-refractivity contribution < 1.29 is 9.47 Å². The Kier molecular flexibility index (Phi) is 5.33. The normalized spacial score (nSPS) is 16.6. The van der Waals surface area contributed by atoms with E-state index in [1.807, 2.05) is 6.92 Å². The summed E-state index contributed by atoms with van der Waals surface area (Å²) < 4.78 is 11.3. The van der Waals surface area contributed by atoms with E-state index >= 15 is 0 Å². The van der Waals surface area contributed by atoms with E-state index in [1.165, 1.54) is 27.8 Å². The van der Waals surface area contributed by atoms with E-state index in [4.69, 9.17) is 9.47 Å². The minimum atomic E-state index is 0.225. The minimum Gasteiger partial charge on any atom is -0.496 e. The number of fused-ring (bicyclic) bond motifs is 1. The number of ether oxygens (including phenoxy) is 2. The van der Waals surface area contributed by atoms with Gasteiger partial charge in [-0.1, -0.05) is 19.9 Å². The molecule has 3 nitrogen and oxygen atoms in total. The van der Waals surface area contributed by atoms with Crippen LogP contribution in [0.4, 0.5) is 0 Å². The van der Waals surface area contributed by atoms with Crippen LogP contribution in [0, 0.1) is 6.92 Å². The van der Waals surface area contributed by atoms with Gasteiger partial charge in [0.15, 0.2) is 0 Å². The molecule has 0 bridgehead atoms. The highest BCUT2D eigenvalue weighted by Gasteiger charge is 2.24. The van der Waals surface area contributed by atoms with Gasteiger partial charge in [0.05, 0.1) is 19.8 Å². The van der Waals surface area contributed by atoms with E-state index in [0.29, 0.717) is 12.5 Å². The number of benzene rings is 2. The summed E-state index contributed by atoms with van der Waals surface area (Å²) >= 11 is 0.